The van der Waals surface area contributed by atoms with Gasteiger partial charge in [-0.05, 0) is 48.5 Å². The average molecular weight is 415 g/mol. The van der Waals surface area contributed by atoms with Crippen LogP contribution < -0.4 is 25.0 Å². The van der Waals surface area contributed by atoms with Gasteiger partial charge in [-0.1, -0.05) is 0 Å². The molecule has 3 heterocycles. The maximum atomic E-state index is 5.45. The molecule has 4 aromatic rings. The van der Waals surface area contributed by atoms with Gasteiger partial charge in [-0.3, -0.25) is 0 Å². The van der Waals surface area contributed by atoms with Crippen molar-refractivity contribution in [2.24, 2.45) is 0 Å². The lowest BCUT2D eigenvalue weighted by Gasteiger charge is -2.12. The third-order valence-electron chi connectivity index (χ3n) is 4.83. The zero-order valence-corrected chi connectivity index (χ0v) is 17.1. The van der Waals surface area contributed by atoms with E-state index in [0.717, 1.165) is 28.4 Å². The van der Waals surface area contributed by atoms with Crippen LogP contribution in [0.2, 0.25) is 0 Å². The number of aromatic amines is 1. The van der Waals surface area contributed by atoms with Gasteiger partial charge in [-0.15, -0.1) is 10.2 Å². The van der Waals surface area contributed by atoms with E-state index >= 15 is 0 Å². The molecule has 0 fully saturated rings. The monoisotopic (exact) mass is 415 g/mol. The van der Waals surface area contributed by atoms with Crippen LogP contribution in [0.15, 0.2) is 60.8 Å². The fourth-order valence-electron chi connectivity index (χ4n) is 3.23. The number of rotatable bonds is 6. The zero-order chi connectivity index (χ0) is 21.2. The summed E-state index contributed by atoms with van der Waals surface area (Å²) < 4.78 is 10.8. The number of benzene rings is 2. The van der Waals surface area contributed by atoms with Crippen molar-refractivity contribution in [1.82, 2.24) is 20.2 Å². The highest BCUT2D eigenvalue weighted by Crippen LogP contribution is 2.36. The lowest BCUT2D eigenvalue weighted by molar-refractivity contribution is 0.174. The SMILES string of the molecule is CN(C)c1ccc(Nc2nnc(-c3cccnc3Nc3ccc4c(c3)OCO4)[nH]2)cc1. The Morgan fingerprint density at radius 2 is 1.71 bits per heavy atom. The summed E-state index contributed by atoms with van der Waals surface area (Å²) in [5, 5.41) is 15.1. The molecule has 0 saturated carbocycles. The zero-order valence-electron chi connectivity index (χ0n) is 17.1. The van der Waals surface area contributed by atoms with Crippen molar-refractivity contribution in [1.29, 1.82) is 0 Å². The Morgan fingerprint density at radius 1 is 0.903 bits per heavy atom. The van der Waals surface area contributed by atoms with Gasteiger partial charge < -0.3 is 30.0 Å². The molecule has 2 aromatic heterocycles. The quantitative estimate of drug-likeness (QED) is 0.432. The summed E-state index contributed by atoms with van der Waals surface area (Å²) in [6.07, 6.45) is 1.72. The van der Waals surface area contributed by atoms with Crippen molar-refractivity contribution in [3.05, 3.63) is 60.8 Å². The minimum absolute atomic E-state index is 0.235. The van der Waals surface area contributed by atoms with Crippen molar-refractivity contribution >= 4 is 28.8 Å². The van der Waals surface area contributed by atoms with E-state index in [4.69, 9.17) is 9.47 Å². The summed E-state index contributed by atoms with van der Waals surface area (Å²) in [6.45, 7) is 0.235. The van der Waals surface area contributed by atoms with Crippen molar-refractivity contribution in [2.45, 2.75) is 0 Å². The van der Waals surface area contributed by atoms with Crippen LogP contribution in [0.3, 0.4) is 0 Å². The molecular formula is C22H21N7O2. The molecule has 0 saturated heterocycles. The highest BCUT2D eigenvalue weighted by molar-refractivity contribution is 5.75. The molecule has 31 heavy (non-hydrogen) atoms. The van der Waals surface area contributed by atoms with E-state index in [0.29, 0.717) is 23.3 Å². The van der Waals surface area contributed by atoms with Crippen LogP contribution in [-0.2, 0) is 0 Å². The molecule has 156 valence electrons. The summed E-state index contributed by atoms with van der Waals surface area (Å²) in [6, 6.07) is 17.5. The Morgan fingerprint density at radius 3 is 2.55 bits per heavy atom. The molecule has 9 heteroatoms. The summed E-state index contributed by atoms with van der Waals surface area (Å²) in [5.41, 5.74) is 3.67. The number of hydrogen-bond donors (Lipinski definition) is 3. The van der Waals surface area contributed by atoms with Crippen LogP contribution in [0.4, 0.5) is 28.8 Å². The number of aromatic nitrogens is 4. The van der Waals surface area contributed by atoms with Crippen LogP contribution >= 0.6 is 0 Å². The first-order chi connectivity index (χ1) is 15.2. The van der Waals surface area contributed by atoms with Crippen LogP contribution in [0.1, 0.15) is 0 Å². The lowest BCUT2D eigenvalue weighted by atomic mass is 10.2. The number of nitrogens with zero attached hydrogens (tertiary/aromatic N) is 4. The van der Waals surface area contributed by atoms with Crippen molar-refractivity contribution in [2.75, 3.05) is 36.4 Å². The van der Waals surface area contributed by atoms with Gasteiger partial charge in [0.15, 0.2) is 17.3 Å². The first kappa shape index (κ1) is 18.7. The summed E-state index contributed by atoms with van der Waals surface area (Å²) in [7, 11) is 4.02. The molecule has 0 amide bonds. The number of nitrogens with one attached hydrogen (secondary N) is 3. The van der Waals surface area contributed by atoms with E-state index in [9.17, 15) is 0 Å². The van der Waals surface area contributed by atoms with Gasteiger partial charge >= 0.3 is 0 Å². The van der Waals surface area contributed by atoms with Gasteiger partial charge in [0.1, 0.15) is 5.82 Å². The van der Waals surface area contributed by atoms with E-state index in [1.807, 2.05) is 73.6 Å². The van der Waals surface area contributed by atoms with Crippen molar-refractivity contribution < 1.29 is 9.47 Å². The second-order valence-electron chi connectivity index (χ2n) is 7.18. The number of anilines is 5. The second-order valence-corrected chi connectivity index (χ2v) is 7.18. The molecule has 0 spiro atoms. The average Bonchev–Trinajstić information content (AvgIpc) is 3.44. The number of H-pyrrole nitrogens is 1. The van der Waals surface area contributed by atoms with Crippen LogP contribution in [0.5, 0.6) is 11.5 Å². The van der Waals surface area contributed by atoms with E-state index in [1.54, 1.807) is 6.20 Å². The van der Waals surface area contributed by atoms with Gasteiger partial charge in [0.25, 0.3) is 0 Å². The molecule has 0 aliphatic carbocycles. The molecule has 9 nitrogen and oxygen atoms in total. The molecule has 0 bridgehead atoms. The number of ether oxygens (including phenoxy) is 2. The molecule has 0 unspecified atom stereocenters. The number of pyridine rings is 1. The maximum absolute atomic E-state index is 5.45. The molecule has 0 radical (unpaired) electrons. The van der Waals surface area contributed by atoms with Gasteiger partial charge in [-0.25, -0.2) is 4.98 Å². The molecule has 5 rings (SSSR count). The standard InChI is InChI=1S/C22H21N7O2/c1-29(2)16-8-5-14(6-9-16)25-22-26-21(27-28-22)17-4-3-11-23-20(17)24-15-7-10-18-19(12-15)31-13-30-18/h3-12H,13H2,1-2H3,(H,23,24)(H2,25,26,27,28). The van der Waals surface area contributed by atoms with Crippen LogP contribution in [0, 0.1) is 0 Å². The largest absolute Gasteiger partial charge is 0.454 e. The summed E-state index contributed by atoms with van der Waals surface area (Å²) in [4.78, 5) is 9.73. The Hall–Kier alpha value is -4.27. The highest BCUT2D eigenvalue weighted by Gasteiger charge is 2.15. The van der Waals surface area contributed by atoms with Crippen LogP contribution in [-0.4, -0.2) is 41.1 Å². The topological polar surface area (TPSA) is 100 Å². The molecule has 2 aromatic carbocycles. The predicted molar refractivity (Wildman–Crippen MR) is 120 cm³/mol. The Bertz CT molecular complexity index is 1200. The third kappa shape index (κ3) is 3.93. The Balaban J connectivity index is 1.36. The highest BCUT2D eigenvalue weighted by atomic mass is 16.7. The van der Waals surface area contributed by atoms with Crippen molar-refractivity contribution in [3.8, 4) is 22.9 Å². The van der Waals surface area contributed by atoms with E-state index in [-0.39, 0.29) is 6.79 Å². The summed E-state index contributed by atoms with van der Waals surface area (Å²) >= 11 is 0. The first-order valence-corrected chi connectivity index (χ1v) is 9.75. The Labute approximate surface area is 179 Å². The fraction of sp³-hybridized carbons (Fsp3) is 0.136. The fourth-order valence-corrected chi connectivity index (χ4v) is 3.23. The van der Waals surface area contributed by atoms with E-state index < -0.39 is 0 Å². The maximum Gasteiger partial charge on any atom is 0.231 e. The van der Waals surface area contributed by atoms with Gasteiger partial charge in [0.2, 0.25) is 12.7 Å². The number of fused-ring (bicyclic) bond motifs is 1. The number of hydrogen-bond acceptors (Lipinski definition) is 8. The van der Waals surface area contributed by atoms with Crippen molar-refractivity contribution in [3.63, 3.8) is 0 Å². The van der Waals surface area contributed by atoms with E-state index in [2.05, 4.69) is 30.8 Å². The molecule has 0 atom stereocenters. The predicted octanol–water partition coefficient (Wildman–Crippen LogP) is 4.15. The molecule has 1 aliphatic rings. The molecule has 3 N–H and O–H groups in total. The van der Waals surface area contributed by atoms with E-state index in [1.165, 1.54) is 0 Å². The minimum atomic E-state index is 0.235. The van der Waals surface area contributed by atoms with Gasteiger partial charge in [-0.2, -0.15) is 0 Å². The second kappa shape index (κ2) is 7.86. The third-order valence-corrected chi connectivity index (χ3v) is 4.83. The lowest BCUT2D eigenvalue weighted by Crippen LogP contribution is -2.08. The summed E-state index contributed by atoms with van der Waals surface area (Å²) in [5.74, 6) is 3.24. The minimum Gasteiger partial charge on any atom is -0.454 e. The molecule has 1 aliphatic heterocycles. The first-order valence-electron chi connectivity index (χ1n) is 9.75. The van der Waals surface area contributed by atoms with Gasteiger partial charge in [0, 0.05) is 43.4 Å². The van der Waals surface area contributed by atoms with Crippen LogP contribution in [0.25, 0.3) is 11.4 Å². The normalized spacial score (nSPS) is 11.9. The van der Waals surface area contributed by atoms with Gasteiger partial charge in [0.05, 0.1) is 5.56 Å². The smallest absolute Gasteiger partial charge is 0.231 e. The molecular weight excluding hydrogens is 394 g/mol. The Kier molecular flexibility index (Phi) is 4.75.